The second-order valence-electron chi connectivity index (χ2n) is 3.41. The minimum atomic E-state index is -4.55. The van der Waals surface area contributed by atoms with Crippen LogP contribution >= 0.6 is 0 Å². The smallest absolute Gasteiger partial charge is 0.416 e. The first-order valence-corrected chi connectivity index (χ1v) is 6.22. The summed E-state index contributed by atoms with van der Waals surface area (Å²) in [7, 11) is -3.39. The summed E-state index contributed by atoms with van der Waals surface area (Å²) in [6.07, 6.45) is -3.62. The molecule has 0 atom stereocenters. The van der Waals surface area contributed by atoms with Crippen molar-refractivity contribution < 1.29 is 26.7 Å². The quantitative estimate of drug-likeness (QED) is 0.877. The van der Waals surface area contributed by atoms with Gasteiger partial charge in [-0.2, -0.15) is 13.2 Å². The highest BCUT2D eigenvalue weighted by atomic mass is 32.2. The Labute approximate surface area is 90.4 Å². The van der Waals surface area contributed by atoms with Gasteiger partial charge in [-0.25, -0.2) is 8.42 Å². The molecule has 0 radical (unpaired) electrons. The lowest BCUT2D eigenvalue weighted by molar-refractivity contribution is -0.137. The predicted octanol–water partition coefficient (Wildman–Crippen LogP) is 1.96. The zero-order chi connectivity index (χ0) is 12.6. The van der Waals surface area contributed by atoms with Crippen LogP contribution in [0.3, 0.4) is 0 Å². The van der Waals surface area contributed by atoms with Crippen LogP contribution in [0.1, 0.15) is 11.1 Å². The highest BCUT2D eigenvalue weighted by molar-refractivity contribution is 7.89. The van der Waals surface area contributed by atoms with Crippen LogP contribution in [0.2, 0.25) is 0 Å². The molecule has 0 saturated heterocycles. The number of alkyl halides is 3. The Kier molecular flexibility index (Phi) is 3.18. The Bertz CT molecular complexity index is 491. The molecule has 1 rings (SSSR count). The number of phenolic OH excluding ortho intramolecular Hbond substituents is 1. The maximum absolute atomic E-state index is 12.2. The van der Waals surface area contributed by atoms with Crippen molar-refractivity contribution >= 4 is 9.84 Å². The average molecular weight is 254 g/mol. The molecule has 16 heavy (non-hydrogen) atoms. The highest BCUT2D eigenvalue weighted by Gasteiger charge is 2.31. The summed E-state index contributed by atoms with van der Waals surface area (Å²) >= 11 is 0. The third-order valence-electron chi connectivity index (χ3n) is 1.83. The first kappa shape index (κ1) is 12.8. The van der Waals surface area contributed by atoms with Crippen LogP contribution in [-0.4, -0.2) is 19.8 Å². The monoisotopic (exact) mass is 254 g/mol. The van der Waals surface area contributed by atoms with Crippen LogP contribution in [-0.2, 0) is 21.8 Å². The SMILES string of the molecule is CS(=O)(=O)Cc1ccc(C(F)(F)F)cc1O. The predicted molar refractivity (Wildman–Crippen MR) is 51.7 cm³/mol. The van der Waals surface area contributed by atoms with Gasteiger partial charge in [0, 0.05) is 11.8 Å². The fourth-order valence-corrected chi connectivity index (χ4v) is 1.95. The molecule has 0 unspecified atom stereocenters. The first-order valence-electron chi connectivity index (χ1n) is 4.16. The molecule has 0 aliphatic carbocycles. The van der Waals surface area contributed by atoms with Crippen molar-refractivity contribution in [1.82, 2.24) is 0 Å². The van der Waals surface area contributed by atoms with Gasteiger partial charge in [-0.15, -0.1) is 0 Å². The molecule has 0 aliphatic rings. The number of hydrogen-bond donors (Lipinski definition) is 1. The molecular formula is C9H9F3O3S. The lowest BCUT2D eigenvalue weighted by atomic mass is 10.1. The Morgan fingerprint density at radius 1 is 1.31 bits per heavy atom. The van der Waals surface area contributed by atoms with Crippen molar-refractivity contribution in [1.29, 1.82) is 0 Å². The minimum Gasteiger partial charge on any atom is -0.508 e. The molecule has 0 amide bonds. The molecule has 1 aromatic carbocycles. The van der Waals surface area contributed by atoms with Crippen LogP contribution < -0.4 is 0 Å². The number of hydrogen-bond acceptors (Lipinski definition) is 3. The summed E-state index contributed by atoms with van der Waals surface area (Å²) in [6.45, 7) is 0. The van der Waals surface area contributed by atoms with Crippen molar-refractivity contribution in [3.8, 4) is 5.75 Å². The lowest BCUT2D eigenvalue weighted by Crippen LogP contribution is -2.06. The van der Waals surface area contributed by atoms with Crippen LogP contribution in [0.25, 0.3) is 0 Å². The summed E-state index contributed by atoms with van der Waals surface area (Å²) in [5.74, 6) is -1.16. The molecule has 0 spiro atoms. The summed E-state index contributed by atoms with van der Waals surface area (Å²) < 4.78 is 58.4. The summed E-state index contributed by atoms with van der Waals surface area (Å²) in [5.41, 5.74) is -1.06. The Morgan fingerprint density at radius 2 is 1.88 bits per heavy atom. The van der Waals surface area contributed by atoms with E-state index in [2.05, 4.69) is 0 Å². The van der Waals surface area contributed by atoms with Gasteiger partial charge < -0.3 is 5.11 Å². The number of rotatable bonds is 2. The molecule has 0 fully saturated rings. The maximum atomic E-state index is 12.2. The molecule has 1 aromatic rings. The molecule has 7 heteroatoms. The maximum Gasteiger partial charge on any atom is 0.416 e. The largest absolute Gasteiger partial charge is 0.508 e. The molecule has 0 heterocycles. The summed E-state index contributed by atoms with van der Waals surface area (Å²) in [6, 6.07) is 2.21. The van der Waals surface area contributed by atoms with Gasteiger partial charge in [0.1, 0.15) is 5.75 Å². The highest BCUT2D eigenvalue weighted by Crippen LogP contribution is 2.32. The third-order valence-corrected chi connectivity index (χ3v) is 2.67. The topological polar surface area (TPSA) is 54.4 Å². The molecule has 3 nitrogen and oxygen atoms in total. The Balaban J connectivity index is 3.11. The van der Waals surface area contributed by atoms with E-state index < -0.39 is 33.1 Å². The van der Waals surface area contributed by atoms with E-state index in [4.69, 9.17) is 0 Å². The van der Waals surface area contributed by atoms with Crippen molar-refractivity contribution in [2.75, 3.05) is 6.26 Å². The van der Waals surface area contributed by atoms with E-state index in [-0.39, 0.29) is 5.56 Å². The second kappa shape index (κ2) is 3.97. The molecule has 0 saturated carbocycles. The van der Waals surface area contributed by atoms with Gasteiger partial charge in [0.05, 0.1) is 11.3 Å². The van der Waals surface area contributed by atoms with E-state index >= 15 is 0 Å². The van der Waals surface area contributed by atoms with E-state index in [9.17, 15) is 26.7 Å². The van der Waals surface area contributed by atoms with Crippen molar-refractivity contribution in [2.24, 2.45) is 0 Å². The van der Waals surface area contributed by atoms with Crippen LogP contribution in [0.4, 0.5) is 13.2 Å². The van der Waals surface area contributed by atoms with E-state index in [1.54, 1.807) is 0 Å². The van der Waals surface area contributed by atoms with Gasteiger partial charge in [0.15, 0.2) is 9.84 Å². The molecule has 0 bridgehead atoms. The van der Waals surface area contributed by atoms with Gasteiger partial charge in [-0.1, -0.05) is 6.07 Å². The lowest BCUT2D eigenvalue weighted by Gasteiger charge is -2.09. The molecule has 0 aromatic heterocycles. The molecule has 0 aliphatic heterocycles. The minimum absolute atomic E-state index is 0.0458. The van der Waals surface area contributed by atoms with Gasteiger partial charge in [-0.05, 0) is 12.1 Å². The Hall–Kier alpha value is -1.24. The van der Waals surface area contributed by atoms with Crippen LogP contribution in [0, 0.1) is 0 Å². The van der Waals surface area contributed by atoms with Crippen molar-refractivity contribution in [3.05, 3.63) is 29.3 Å². The van der Waals surface area contributed by atoms with E-state index in [1.165, 1.54) is 0 Å². The molecular weight excluding hydrogens is 245 g/mol. The zero-order valence-electron chi connectivity index (χ0n) is 8.25. The number of halogens is 3. The van der Waals surface area contributed by atoms with Gasteiger partial charge in [0.2, 0.25) is 0 Å². The summed E-state index contributed by atoms with van der Waals surface area (Å²) in [4.78, 5) is 0. The second-order valence-corrected chi connectivity index (χ2v) is 5.55. The first-order chi connectivity index (χ1) is 7.09. The average Bonchev–Trinajstić information content (AvgIpc) is 2.04. The van der Waals surface area contributed by atoms with E-state index in [1.807, 2.05) is 0 Å². The van der Waals surface area contributed by atoms with Crippen LogP contribution in [0.15, 0.2) is 18.2 Å². The number of aromatic hydroxyl groups is 1. The van der Waals surface area contributed by atoms with Crippen molar-refractivity contribution in [3.63, 3.8) is 0 Å². The van der Waals surface area contributed by atoms with Gasteiger partial charge in [0.25, 0.3) is 0 Å². The fraction of sp³-hybridized carbons (Fsp3) is 0.333. The fourth-order valence-electron chi connectivity index (χ4n) is 1.14. The number of sulfone groups is 1. The number of benzene rings is 1. The standard InChI is InChI=1S/C9H9F3O3S/c1-16(14,15)5-6-2-3-7(4-8(6)13)9(10,11)12/h2-4,13H,5H2,1H3. The third kappa shape index (κ3) is 3.41. The van der Waals surface area contributed by atoms with Crippen LogP contribution in [0.5, 0.6) is 5.75 Å². The molecule has 90 valence electrons. The van der Waals surface area contributed by atoms with Gasteiger partial charge in [-0.3, -0.25) is 0 Å². The normalized spacial score (nSPS) is 12.8. The summed E-state index contributed by atoms with van der Waals surface area (Å²) in [5, 5.41) is 9.25. The van der Waals surface area contributed by atoms with Crippen molar-refractivity contribution in [2.45, 2.75) is 11.9 Å². The van der Waals surface area contributed by atoms with E-state index in [0.717, 1.165) is 18.4 Å². The van der Waals surface area contributed by atoms with Gasteiger partial charge >= 0.3 is 6.18 Å². The molecule has 1 N–H and O–H groups in total. The number of phenols is 1. The zero-order valence-corrected chi connectivity index (χ0v) is 9.06. The van der Waals surface area contributed by atoms with E-state index in [0.29, 0.717) is 6.07 Å². The Morgan fingerprint density at radius 3 is 2.25 bits per heavy atom.